The first-order valence-corrected chi connectivity index (χ1v) is 7.38. The van der Waals surface area contributed by atoms with Crippen LogP contribution in [0, 0.1) is 11.3 Å². The van der Waals surface area contributed by atoms with Crippen molar-refractivity contribution in [2.24, 2.45) is 0 Å². The van der Waals surface area contributed by atoms with Crippen LogP contribution in [0.2, 0.25) is 0 Å². The van der Waals surface area contributed by atoms with Crippen molar-refractivity contribution in [3.63, 3.8) is 0 Å². The molecule has 0 radical (unpaired) electrons. The zero-order valence-corrected chi connectivity index (χ0v) is 12.4. The van der Waals surface area contributed by atoms with Gasteiger partial charge in [0.1, 0.15) is 0 Å². The average Bonchev–Trinajstić information content (AvgIpc) is 2.48. The average molecular weight is 261 g/mol. The molecular weight excluding hydrogens is 234 g/mol. The maximum absolute atomic E-state index is 8.29. The van der Waals surface area contributed by atoms with Gasteiger partial charge in [-0.15, -0.1) is 0 Å². The molecule has 0 saturated heterocycles. The minimum Gasteiger partial charge on any atom is -0.381 e. The number of hydrogen-bond donors (Lipinski definition) is 0. The Morgan fingerprint density at radius 2 is 1.42 bits per heavy atom. The van der Waals surface area contributed by atoms with Crippen LogP contribution in [0.4, 0.5) is 0 Å². The molecule has 19 heavy (non-hydrogen) atoms. The molecular formula is C17H27NO. The van der Waals surface area contributed by atoms with Gasteiger partial charge in [-0.1, -0.05) is 57.7 Å². The summed E-state index contributed by atoms with van der Waals surface area (Å²) in [7, 11) is 0. The van der Waals surface area contributed by atoms with E-state index >= 15 is 0 Å². The van der Waals surface area contributed by atoms with Crippen molar-refractivity contribution < 1.29 is 4.74 Å². The summed E-state index contributed by atoms with van der Waals surface area (Å²) in [4.78, 5) is 0. The molecule has 0 aliphatic heterocycles. The van der Waals surface area contributed by atoms with Crippen molar-refractivity contribution in [2.45, 2.75) is 52.4 Å². The molecule has 2 nitrogen and oxygen atoms in total. The lowest BCUT2D eigenvalue weighted by Gasteiger charge is -2.01. The first-order chi connectivity index (χ1) is 9.35. The van der Waals surface area contributed by atoms with Gasteiger partial charge in [0.05, 0.1) is 11.6 Å². The van der Waals surface area contributed by atoms with Crippen molar-refractivity contribution in [3.05, 3.63) is 35.9 Å². The standard InChI is InChI=1S/C10H22O.C7H5N/c1-3-5-7-9-11-10-8-6-4-2;8-6-7-4-2-1-3-5-7/h3-10H2,1-2H3;1-5H. The summed E-state index contributed by atoms with van der Waals surface area (Å²) in [5.74, 6) is 0. The van der Waals surface area contributed by atoms with Gasteiger partial charge in [0.2, 0.25) is 0 Å². The molecule has 0 spiro atoms. The fourth-order valence-corrected chi connectivity index (χ4v) is 1.52. The highest BCUT2D eigenvalue weighted by atomic mass is 16.5. The van der Waals surface area contributed by atoms with Gasteiger partial charge in [0, 0.05) is 13.2 Å². The Bertz CT molecular complexity index is 308. The summed E-state index contributed by atoms with van der Waals surface area (Å²) in [6.07, 6.45) is 7.68. The second-order valence-corrected chi connectivity index (χ2v) is 4.50. The lowest BCUT2D eigenvalue weighted by Crippen LogP contribution is -1.96. The maximum Gasteiger partial charge on any atom is 0.0991 e. The second kappa shape index (κ2) is 14.7. The van der Waals surface area contributed by atoms with Crippen molar-refractivity contribution >= 4 is 0 Å². The maximum atomic E-state index is 8.29. The van der Waals surface area contributed by atoms with Gasteiger partial charge in [0.25, 0.3) is 0 Å². The van der Waals surface area contributed by atoms with Crippen molar-refractivity contribution in [1.82, 2.24) is 0 Å². The van der Waals surface area contributed by atoms with E-state index in [4.69, 9.17) is 10.00 Å². The Morgan fingerprint density at radius 3 is 1.79 bits per heavy atom. The molecule has 0 unspecified atom stereocenters. The number of benzene rings is 1. The van der Waals surface area contributed by atoms with Crippen molar-refractivity contribution in [2.75, 3.05) is 13.2 Å². The monoisotopic (exact) mass is 261 g/mol. The largest absolute Gasteiger partial charge is 0.381 e. The molecule has 1 aromatic carbocycles. The van der Waals surface area contributed by atoms with Gasteiger partial charge in [-0.3, -0.25) is 0 Å². The van der Waals surface area contributed by atoms with E-state index in [1.165, 1.54) is 38.5 Å². The first-order valence-electron chi connectivity index (χ1n) is 7.38. The number of hydrogen-bond acceptors (Lipinski definition) is 2. The normalized spacial score (nSPS) is 9.32. The summed E-state index contributed by atoms with van der Waals surface area (Å²) in [5.41, 5.74) is 0.715. The predicted octanol–water partition coefficient (Wildman–Crippen LogP) is 4.94. The third-order valence-corrected chi connectivity index (χ3v) is 2.69. The molecule has 106 valence electrons. The van der Waals surface area contributed by atoms with E-state index in [2.05, 4.69) is 13.8 Å². The third-order valence-electron chi connectivity index (χ3n) is 2.69. The van der Waals surface area contributed by atoms with E-state index in [-0.39, 0.29) is 0 Å². The number of nitriles is 1. The van der Waals surface area contributed by atoms with Gasteiger partial charge < -0.3 is 4.74 Å². The van der Waals surface area contributed by atoms with Crippen LogP contribution in [0.15, 0.2) is 30.3 Å². The predicted molar refractivity (Wildman–Crippen MR) is 81.0 cm³/mol. The molecule has 1 aromatic rings. The van der Waals surface area contributed by atoms with Gasteiger partial charge in [-0.25, -0.2) is 0 Å². The topological polar surface area (TPSA) is 33.0 Å². The summed E-state index contributed by atoms with van der Waals surface area (Å²) in [6.45, 7) is 6.38. The third kappa shape index (κ3) is 12.9. The van der Waals surface area contributed by atoms with E-state index in [1.807, 2.05) is 24.3 Å². The SMILES string of the molecule is CCCCCOCCCCC.N#Cc1ccccc1. The number of ether oxygens (including phenoxy) is 1. The fraction of sp³-hybridized carbons (Fsp3) is 0.588. The molecule has 2 heteroatoms. The van der Waals surface area contributed by atoms with Gasteiger partial charge in [-0.05, 0) is 25.0 Å². The number of nitrogens with zero attached hydrogens (tertiary/aromatic N) is 1. The van der Waals surface area contributed by atoms with Crippen molar-refractivity contribution in [3.8, 4) is 6.07 Å². The zero-order valence-electron chi connectivity index (χ0n) is 12.4. The van der Waals surface area contributed by atoms with Gasteiger partial charge in [0.15, 0.2) is 0 Å². The highest BCUT2D eigenvalue weighted by Crippen LogP contribution is 1.97. The van der Waals surface area contributed by atoms with E-state index in [1.54, 1.807) is 12.1 Å². The van der Waals surface area contributed by atoms with Crippen LogP contribution in [-0.4, -0.2) is 13.2 Å². The molecule has 0 fully saturated rings. The smallest absolute Gasteiger partial charge is 0.0991 e. The summed E-state index contributed by atoms with van der Waals surface area (Å²) in [6, 6.07) is 11.2. The summed E-state index contributed by atoms with van der Waals surface area (Å²) < 4.78 is 5.44. The second-order valence-electron chi connectivity index (χ2n) is 4.50. The number of rotatable bonds is 8. The van der Waals surface area contributed by atoms with Gasteiger partial charge >= 0.3 is 0 Å². The van der Waals surface area contributed by atoms with Crippen LogP contribution in [-0.2, 0) is 4.74 Å². The quantitative estimate of drug-likeness (QED) is 0.621. The molecule has 0 aliphatic rings. The highest BCUT2D eigenvalue weighted by molar-refractivity contribution is 5.27. The number of unbranched alkanes of at least 4 members (excludes halogenated alkanes) is 4. The van der Waals surface area contributed by atoms with Crippen LogP contribution in [0.1, 0.15) is 57.9 Å². The van der Waals surface area contributed by atoms with Crippen LogP contribution >= 0.6 is 0 Å². The minimum absolute atomic E-state index is 0.715. The Morgan fingerprint density at radius 1 is 0.895 bits per heavy atom. The van der Waals surface area contributed by atoms with E-state index < -0.39 is 0 Å². The first kappa shape index (κ1) is 17.7. The highest BCUT2D eigenvalue weighted by Gasteiger charge is 1.88. The van der Waals surface area contributed by atoms with E-state index in [0.717, 1.165) is 13.2 Å². The van der Waals surface area contributed by atoms with Crippen LogP contribution in [0.3, 0.4) is 0 Å². The van der Waals surface area contributed by atoms with Gasteiger partial charge in [-0.2, -0.15) is 5.26 Å². The molecule has 0 N–H and O–H groups in total. The lowest BCUT2D eigenvalue weighted by atomic mass is 10.2. The summed E-state index contributed by atoms with van der Waals surface area (Å²) in [5, 5.41) is 8.29. The zero-order chi connectivity index (χ0) is 14.2. The molecule has 0 saturated carbocycles. The lowest BCUT2D eigenvalue weighted by molar-refractivity contribution is 0.126. The molecule has 0 aromatic heterocycles. The van der Waals surface area contributed by atoms with Crippen molar-refractivity contribution in [1.29, 1.82) is 5.26 Å². The van der Waals surface area contributed by atoms with Crippen LogP contribution < -0.4 is 0 Å². The fourth-order valence-electron chi connectivity index (χ4n) is 1.52. The Kier molecular flexibility index (Phi) is 13.7. The van der Waals surface area contributed by atoms with Crippen LogP contribution in [0.25, 0.3) is 0 Å². The molecule has 0 amide bonds. The molecule has 0 heterocycles. The van der Waals surface area contributed by atoms with E-state index in [9.17, 15) is 0 Å². The molecule has 0 atom stereocenters. The molecule has 0 aliphatic carbocycles. The van der Waals surface area contributed by atoms with E-state index in [0.29, 0.717) is 5.56 Å². The molecule has 0 bridgehead atoms. The summed E-state index contributed by atoms with van der Waals surface area (Å²) >= 11 is 0. The van der Waals surface area contributed by atoms with Crippen LogP contribution in [0.5, 0.6) is 0 Å². The Labute approximate surface area is 118 Å². The Balaban J connectivity index is 0.000000356. The minimum atomic E-state index is 0.715. The Hall–Kier alpha value is -1.33. The molecule has 1 rings (SSSR count).